The van der Waals surface area contributed by atoms with Crippen LogP contribution in [0.15, 0.2) is 55.3 Å². The van der Waals surface area contributed by atoms with E-state index in [1.807, 2.05) is 25.1 Å². The van der Waals surface area contributed by atoms with Gasteiger partial charge in [-0.25, -0.2) is 0 Å². The fourth-order valence-corrected chi connectivity index (χ4v) is 2.01. The van der Waals surface area contributed by atoms with Crippen LogP contribution in [0.4, 0.5) is 0 Å². The van der Waals surface area contributed by atoms with Gasteiger partial charge in [0.25, 0.3) is 0 Å². The average molecular weight is 235 g/mol. The first-order valence-corrected chi connectivity index (χ1v) is 6.07. The maximum atomic E-state index is 4.36. The van der Waals surface area contributed by atoms with Gasteiger partial charge in [-0.05, 0) is 42.7 Å². The third-order valence-corrected chi connectivity index (χ3v) is 2.96. The van der Waals surface area contributed by atoms with E-state index in [1.54, 1.807) is 6.20 Å². The second kappa shape index (κ2) is 5.46. The van der Waals surface area contributed by atoms with Crippen LogP contribution in [0.3, 0.4) is 0 Å². The smallest absolute Gasteiger partial charge is 0.0702 e. The van der Waals surface area contributed by atoms with E-state index in [2.05, 4.69) is 48.8 Å². The molecule has 0 spiro atoms. The maximum Gasteiger partial charge on any atom is 0.0702 e. The van der Waals surface area contributed by atoms with Crippen molar-refractivity contribution >= 4 is 11.6 Å². The summed E-state index contributed by atoms with van der Waals surface area (Å²) in [7, 11) is 0. The van der Waals surface area contributed by atoms with Crippen LogP contribution in [0.5, 0.6) is 0 Å². The molecule has 0 atom stereocenters. The molecule has 0 radical (unpaired) electrons. The van der Waals surface area contributed by atoms with Gasteiger partial charge in [0.2, 0.25) is 0 Å². The summed E-state index contributed by atoms with van der Waals surface area (Å²) in [5.74, 6) is 0. The maximum absolute atomic E-state index is 4.36. The van der Waals surface area contributed by atoms with E-state index in [1.165, 1.54) is 11.1 Å². The van der Waals surface area contributed by atoms with Crippen LogP contribution in [0, 0.1) is 6.92 Å². The monoisotopic (exact) mass is 235 g/mol. The van der Waals surface area contributed by atoms with Crippen LogP contribution in [0.2, 0.25) is 0 Å². The van der Waals surface area contributed by atoms with Crippen LogP contribution in [-0.2, 0) is 0 Å². The van der Waals surface area contributed by atoms with Gasteiger partial charge in [-0.1, -0.05) is 43.0 Å². The Morgan fingerprint density at radius 2 is 2.00 bits per heavy atom. The number of allylic oxidation sites excluding steroid dienone is 1. The molecule has 90 valence electrons. The minimum Gasteiger partial charge on any atom is -0.256 e. The number of aryl methyl sites for hydroxylation is 1. The molecular formula is C17H17N. The molecule has 0 fully saturated rings. The van der Waals surface area contributed by atoms with Crippen LogP contribution in [0.25, 0.3) is 11.6 Å². The molecule has 18 heavy (non-hydrogen) atoms. The summed E-state index contributed by atoms with van der Waals surface area (Å²) >= 11 is 0. The Bertz CT molecular complexity index is 580. The second-order valence-electron chi connectivity index (χ2n) is 4.23. The zero-order chi connectivity index (χ0) is 13.0. The van der Waals surface area contributed by atoms with Crippen molar-refractivity contribution in [1.82, 2.24) is 4.98 Å². The Balaban J connectivity index is 2.52. The molecule has 0 saturated carbocycles. The largest absolute Gasteiger partial charge is 0.256 e. The van der Waals surface area contributed by atoms with Gasteiger partial charge in [-0.3, -0.25) is 4.98 Å². The first-order valence-electron chi connectivity index (χ1n) is 6.07. The van der Waals surface area contributed by atoms with E-state index >= 15 is 0 Å². The summed E-state index contributed by atoms with van der Waals surface area (Å²) in [4.78, 5) is 4.36. The summed E-state index contributed by atoms with van der Waals surface area (Å²) in [6.45, 7) is 8.33. The number of hydrogen-bond acceptors (Lipinski definition) is 1. The molecule has 0 amide bonds. The highest BCUT2D eigenvalue weighted by atomic mass is 14.7. The highest BCUT2D eigenvalue weighted by molar-refractivity contribution is 5.82. The number of hydrogen-bond donors (Lipinski definition) is 0. The average Bonchev–Trinajstić information content (AvgIpc) is 2.41. The van der Waals surface area contributed by atoms with Crippen LogP contribution in [0.1, 0.15) is 29.3 Å². The Morgan fingerprint density at radius 1 is 1.17 bits per heavy atom. The fourth-order valence-electron chi connectivity index (χ4n) is 2.01. The highest BCUT2D eigenvalue weighted by Crippen LogP contribution is 2.26. The van der Waals surface area contributed by atoms with Crippen molar-refractivity contribution in [1.29, 1.82) is 0 Å². The molecule has 1 heterocycles. The van der Waals surface area contributed by atoms with Gasteiger partial charge in [-0.2, -0.15) is 0 Å². The molecule has 0 bridgehead atoms. The summed E-state index contributed by atoms with van der Waals surface area (Å²) in [5.41, 5.74) is 5.51. The molecule has 0 unspecified atom stereocenters. The number of pyridine rings is 1. The normalized spacial score (nSPS) is 10.8. The van der Waals surface area contributed by atoms with E-state index in [0.717, 1.165) is 16.8 Å². The topological polar surface area (TPSA) is 12.9 Å². The molecule has 2 aromatic rings. The zero-order valence-electron chi connectivity index (χ0n) is 10.9. The number of aromatic nitrogens is 1. The highest BCUT2D eigenvalue weighted by Gasteiger charge is 2.08. The molecule has 0 aliphatic rings. The second-order valence-corrected chi connectivity index (χ2v) is 4.23. The Labute approximate surface area is 109 Å². The van der Waals surface area contributed by atoms with Crippen molar-refractivity contribution in [3.8, 4) is 0 Å². The SMILES string of the molecule is C=C(c1ccccn1)c1cccc(C)c1/C=C\C. The molecule has 0 aliphatic heterocycles. The lowest BCUT2D eigenvalue weighted by Gasteiger charge is -2.11. The standard InChI is InChI=1S/C17H17N/c1-4-8-15-13(2)9-7-10-16(15)14(3)17-11-5-6-12-18-17/h4-12H,3H2,1-2H3/b8-4-. The van der Waals surface area contributed by atoms with Gasteiger partial charge >= 0.3 is 0 Å². The van der Waals surface area contributed by atoms with Gasteiger partial charge in [0.05, 0.1) is 5.69 Å². The third kappa shape index (κ3) is 2.40. The zero-order valence-corrected chi connectivity index (χ0v) is 10.9. The van der Waals surface area contributed by atoms with E-state index in [-0.39, 0.29) is 0 Å². The first kappa shape index (κ1) is 12.3. The lowest BCUT2D eigenvalue weighted by atomic mass is 9.94. The van der Waals surface area contributed by atoms with Crippen molar-refractivity contribution in [3.63, 3.8) is 0 Å². The molecule has 1 aromatic carbocycles. The van der Waals surface area contributed by atoms with E-state index < -0.39 is 0 Å². The third-order valence-electron chi connectivity index (χ3n) is 2.96. The van der Waals surface area contributed by atoms with Crippen molar-refractivity contribution in [3.05, 3.63) is 77.6 Å². The lowest BCUT2D eigenvalue weighted by Crippen LogP contribution is -1.94. The van der Waals surface area contributed by atoms with Gasteiger partial charge in [-0.15, -0.1) is 0 Å². The lowest BCUT2D eigenvalue weighted by molar-refractivity contribution is 1.27. The first-order chi connectivity index (χ1) is 8.74. The number of rotatable bonds is 3. The summed E-state index contributed by atoms with van der Waals surface area (Å²) in [6, 6.07) is 12.2. The molecule has 1 heteroatoms. The van der Waals surface area contributed by atoms with E-state index in [9.17, 15) is 0 Å². The number of nitrogens with zero attached hydrogens (tertiary/aromatic N) is 1. The van der Waals surface area contributed by atoms with E-state index in [0.29, 0.717) is 0 Å². The van der Waals surface area contributed by atoms with Gasteiger partial charge in [0, 0.05) is 11.8 Å². The van der Waals surface area contributed by atoms with Crippen LogP contribution >= 0.6 is 0 Å². The van der Waals surface area contributed by atoms with Crippen molar-refractivity contribution in [2.75, 3.05) is 0 Å². The Morgan fingerprint density at radius 3 is 2.67 bits per heavy atom. The number of benzene rings is 1. The minimum absolute atomic E-state index is 0.925. The molecule has 0 N–H and O–H groups in total. The summed E-state index contributed by atoms with van der Waals surface area (Å²) < 4.78 is 0. The van der Waals surface area contributed by atoms with Crippen molar-refractivity contribution < 1.29 is 0 Å². The molecule has 2 rings (SSSR count). The Hall–Kier alpha value is -2.15. The molecule has 0 saturated heterocycles. The summed E-state index contributed by atoms with van der Waals surface area (Å²) in [5, 5.41) is 0. The van der Waals surface area contributed by atoms with Gasteiger partial charge < -0.3 is 0 Å². The molecular weight excluding hydrogens is 218 g/mol. The predicted octanol–water partition coefficient (Wildman–Crippen LogP) is 4.48. The predicted molar refractivity (Wildman–Crippen MR) is 78.3 cm³/mol. The quantitative estimate of drug-likeness (QED) is 0.764. The minimum atomic E-state index is 0.925. The van der Waals surface area contributed by atoms with Crippen molar-refractivity contribution in [2.24, 2.45) is 0 Å². The van der Waals surface area contributed by atoms with Gasteiger partial charge in [0.15, 0.2) is 0 Å². The molecule has 1 aromatic heterocycles. The Kier molecular flexibility index (Phi) is 3.73. The van der Waals surface area contributed by atoms with Gasteiger partial charge in [0.1, 0.15) is 0 Å². The fraction of sp³-hybridized carbons (Fsp3) is 0.118. The van der Waals surface area contributed by atoms with Crippen molar-refractivity contribution in [2.45, 2.75) is 13.8 Å². The van der Waals surface area contributed by atoms with Crippen LogP contribution < -0.4 is 0 Å². The molecule has 1 nitrogen and oxygen atoms in total. The van der Waals surface area contributed by atoms with E-state index in [4.69, 9.17) is 0 Å². The summed E-state index contributed by atoms with van der Waals surface area (Å²) in [6.07, 6.45) is 5.97. The molecule has 0 aliphatic carbocycles. The van der Waals surface area contributed by atoms with Crippen LogP contribution in [-0.4, -0.2) is 4.98 Å².